The first-order chi connectivity index (χ1) is 9.26. The number of carbonyl (C=O) groups excluding carboxylic acids is 1. The lowest BCUT2D eigenvalue weighted by molar-refractivity contribution is -0.137. The third-order valence-electron chi connectivity index (χ3n) is 5.09. The highest BCUT2D eigenvalue weighted by atomic mass is 16.2. The number of unbranched alkanes of at least 4 members (excludes halogenated alkanes) is 1. The molecule has 0 aromatic heterocycles. The fourth-order valence-corrected chi connectivity index (χ4v) is 3.80. The maximum Gasteiger partial charge on any atom is 0.225 e. The number of nitrogens with zero attached hydrogens (tertiary/aromatic N) is 1. The van der Waals surface area contributed by atoms with E-state index in [9.17, 15) is 4.79 Å². The average Bonchev–Trinajstić information content (AvgIpc) is 2.93. The van der Waals surface area contributed by atoms with Gasteiger partial charge in [-0.1, -0.05) is 26.2 Å². The van der Waals surface area contributed by atoms with Crippen LogP contribution in [0.4, 0.5) is 0 Å². The molecule has 110 valence electrons. The van der Waals surface area contributed by atoms with Gasteiger partial charge in [0.15, 0.2) is 0 Å². The monoisotopic (exact) mass is 266 g/mol. The average molecular weight is 266 g/mol. The standard InChI is InChI=1S/C16H30N2O/c1-2-3-5-13-7-9-14(10-8-13)16(19)18-11-4-6-15(18)12-17/h13-15H,2-12,17H2,1H3. The Balaban J connectivity index is 1.79. The third kappa shape index (κ3) is 3.71. The maximum atomic E-state index is 12.6. The fourth-order valence-electron chi connectivity index (χ4n) is 3.80. The van der Waals surface area contributed by atoms with E-state index in [0.717, 1.165) is 38.1 Å². The predicted molar refractivity (Wildman–Crippen MR) is 78.8 cm³/mol. The van der Waals surface area contributed by atoms with Crippen molar-refractivity contribution >= 4 is 5.91 Å². The molecular formula is C16H30N2O. The Kier molecular flexibility index (Phi) is 5.68. The lowest BCUT2D eigenvalue weighted by Crippen LogP contribution is -2.43. The van der Waals surface area contributed by atoms with Crippen LogP contribution in [0.25, 0.3) is 0 Å². The zero-order valence-electron chi connectivity index (χ0n) is 12.4. The van der Waals surface area contributed by atoms with E-state index in [2.05, 4.69) is 11.8 Å². The topological polar surface area (TPSA) is 46.3 Å². The summed E-state index contributed by atoms with van der Waals surface area (Å²) in [7, 11) is 0. The molecule has 0 aromatic carbocycles. The summed E-state index contributed by atoms with van der Waals surface area (Å²) in [6, 6.07) is 0.324. The van der Waals surface area contributed by atoms with Gasteiger partial charge in [0.25, 0.3) is 0 Å². The van der Waals surface area contributed by atoms with Crippen LogP contribution in [0.3, 0.4) is 0 Å². The van der Waals surface area contributed by atoms with E-state index in [1.165, 1.54) is 32.1 Å². The number of amides is 1. The van der Waals surface area contributed by atoms with E-state index >= 15 is 0 Å². The van der Waals surface area contributed by atoms with Gasteiger partial charge in [0, 0.05) is 25.0 Å². The summed E-state index contributed by atoms with van der Waals surface area (Å²) in [5.41, 5.74) is 5.77. The van der Waals surface area contributed by atoms with Crippen molar-refractivity contribution in [3.63, 3.8) is 0 Å². The summed E-state index contributed by atoms with van der Waals surface area (Å²) >= 11 is 0. The van der Waals surface area contributed by atoms with Gasteiger partial charge in [0.2, 0.25) is 5.91 Å². The quantitative estimate of drug-likeness (QED) is 0.831. The maximum absolute atomic E-state index is 12.6. The van der Waals surface area contributed by atoms with E-state index in [4.69, 9.17) is 5.73 Å². The van der Waals surface area contributed by atoms with E-state index in [1.807, 2.05) is 0 Å². The Morgan fingerprint density at radius 1 is 1.21 bits per heavy atom. The van der Waals surface area contributed by atoms with Crippen molar-refractivity contribution in [2.24, 2.45) is 17.6 Å². The van der Waals surface area contributed by atoms with Crippen molar-refractivity contribution in [1.29, 1.82) is 0 Å². The first-order valence-corrected chi connectivity index (χ1v) is 8.26. The van der Waals surface area contributed by atoms with E-state index in [1.54, 1.807) is 0 Å². The summed E-state index contributed by atoms with van der Waals surface area (Å²) in [6.45, 7) is 3.84. The molecular weight excluding hydrogens is 236 g/mol. The summed E-state index contributed by atoms with van der Waals surface area (Å²) in [6.07, 6.45) is 11.0. The van der Waals surface area contributed by atoms with Crippen molar-refractivity contribution in [3.8, 4) is 0 Å². The van der Waals surface area contributed by atoms with Crippen LogP contribution in [0, 0.1) is 11.8 Å². The molecule has 1 unspecified atom stereocenters. The molecule has 0 spiro atoms. The number of hydrogen-bond acceptors (Lipinski definition) is 2. The Labute approximate surface area is 117 Å². The Morgan fingerprint density at radius 2 is 1.95 bits per heavy atom. The Bertz CT molecular complexity index is 284. The molecule has 0 radical (unpaired) electrons. The van der Waals surface area contributed by atoms with Gasteiger partial charge in [-0.15, -0.1) is 0 Å². The highest BCUT2D eigenvalue weighted by Crippen LogP contribution is 2.34. The van der Waals surface area contributed by atoms with Crippen molar-refractivity contribution in [2.45, 2.75) is 70.8 Å². The number of hydrogen-bond donors (Lipinski definition) is 1. The zero-order chi connectivity index (χ0) is 13.7. The van der Waals surface area contributed by atoms with E-state index in [0.29, 0.717) is 24.4 Å². The number of carbonyl (C=O) groups is 1. The molecule has 19 heavy (non-hydrogen) atoms. The highest BCUT2D eigenvalue weighted by Gasteiger charge is 2.34. The normalized spacial score (nSPS) is 31.7. The van der Waals surface area contributed by atoms with Crippen LogP contribution in [0.2, 0.25) is 0 Å². The first-order valence-electron chi connectivity index (χ1n) is 8.26. The second-order valence-corrected chi connectivity index (χ2v) is 6.42. The van der Waals surface area contributed by atoms with Gasteiger partial charge in [0.1, 0.15) is 0 Å². The predicted octanol–water partition coefficient (Wildman–Crippen LogP) is 2.93. The summed E-state index contributed by atoms with van der Waals surface area (Å²) in [5, 5.41) is 0. The lowest BCUT2D eigenvalue weighted by Gasteiger charge is -2.32. The van der Waals surface area contributed by atoms with Gasteiger partial charge < -0.3 is 10.6 Å². The van der Waals surface area contributed by atoms with Crippen LogP contribution in [-0.2, 0) is 4.79 Å². The van der Waals surface area contributed by atoms with Gasteiger partial charge in [-0.05, 0) is 44.4 Å². The van der Waals surface area contributed by atoms with Gasteiger partial charge in [-0.3, -0.25) is 4.79 Å². The number of nitrogens with two attached hydrogens (primary N) is 1. The molecule has 1 amide bonds. The van der Waals surface area contributed by atoms with Crippen LogP contribution < -0.4 is 5.73 Å². The van der Waals surface area contributed by atoms with Crippen molar-refractivity contribution in [1.82, 2.24) is 4.90 Å². The van der Waals surface area contributed by atoms with Crippen molar-refractivity contribution < 1.29 is 4.79 Å². The molecule has 0 bridgehead atoms. The molecule has 2 aliphatic rings. The Hall–Kier alpha value is -0.570. The molecule has 0 aromatic rings. The van der Waals surface area contributed by atoms with Gasteiger partial charge >= 0.3 is 0 Å². The van der Waals surface area contributed by atoms with Crippen molar-refractivity contribution in [2.75, 3.05) is 13.1 Å². The molecule has 2 fully saturated rings. The second kappa shape index (κ2) is 7.28. The molecule has 1 aliphatic heterocycles. The second-order valence-electron chi connectivity index (χ2n) is 6.42. The largest absolute Gasteiger partial charge is 0.338 e. The summed E-state index contributed by atoms with van der Waals surface area (Å²) in [4.78, 5) is 14.6. The molecule has 1 saturated heterocycles. The highest BCUT2D eigenvalue weighted by molar-refractivity contribution is 5.79. The Morgan fingerprint density at radius 3 is 2.58 bits per heavy atom. The smallest absolute Gasteiger partial charge is 0.225 e. The fraction of sp³-hybridized carbons (Fsp3) is 0.938. The molecule has 1 heterocycles. The molecule has 2 N–H and O–H groups in total. The van der Waals surface area contributed by atoms with Crippen molar-refractivity contribution in [3.05, 3.63) is 0 Å². The zero-order valence-corrected chi connectivity index (χ0v) is 12.4. The van der Waals surface area contributed by atoms with Gasteiger partial charge in [-0.2, -0.15) is 0 Å². The lowest BCUT2D eigenvalue weighted by atomic mass is 9.79. The summed E-state index contributed by atoms with van der Waals surface area (Å²) in [5.74, 6) is 1.58. The summed E-state index contributed by atoms with van der Waals surface area (Å²) < 4.78 is 0. The van der Waals surface area contributed by atoms with E-state index in [-0.39, 0.29) is 0 Å². The minimum atomic E-state index is 0.296. The van der Waals surface area contributed by atoms with E-state index < -0.39 is 0 Å². The third-order valence-corrected chi connectivity index (χ3v) is 5.09. The number of likely N-dealkylation sites (tertiary alicyclic amines) is 1. The SMILES string of the molecule is CCCCC1CCC(C(=O)N2CCCC2CN)CC1. The minimum Gasteiger partial charge on any atom is -0.338 e. The van der Waals surface area contributed by atoms with Gasteiger partial charge in [-0.25, -0.2) is 0 Å². The van der Waals surface area contributed by atoms with Crippen LogP contribution in [0.15, 0.2) is 0 Å². The molecule has 1 saturated carbocycles. The molecule has 2 rings (SSSR count). The minimum absolute atomic E-state index is 0.296. The molecule has 1 aliphatic carbocycles. The van der Waals surface area contributed by atoms with Crippen LogP contribution >= 0.6 is 0 Å². The van der Waals surface area contributed by atoms with Crippen LogP contribution in [-0.4, -0.2) is 29.9 Å². The first kappa shape index (κ1) is 14.8. The van der Waals surface area contributed by atoms with Crippen LogP contribution in [0.5, 0.6) is 0 Å². The van der Waals surface area contributed by atoms with Gasteiger partial charge in [0.05, 0.1) is 0 Å². The molecule has 3 heteroatoms. The molecule has 1 atom stereocenters. The van der Waals surface area contributed by atoms with Crippen LogP contribution in [0.1, 0.15) is 64.7 Å². The number of rotatable bonds is 5. The molecule has 3 nitrogen and oxygen atoms in total.